The van der Waals surface area contributed by atoms with E-state index in [4.69, 9.17) is 0 Å². The van der Waals surface area contributed by atoms with Gasteiger partial charge in [0.2, 0.25) is 5.82 Å². The summed E-state index contributed by atoms with van der Waals surface area (Å²) in [7, 11) is 0. The number of rotatable bonds is 6. The molecule has 6 nitrogen and oxygen atoms in total. The van der Waals surface area contributed by atoms with Crippen molar-refractivity contribution in [3.05, 3.63) is 58.3 Å². The van der Waals surface area contributed by atoms with Crippen LogP contribution in [0.3, 0.4) is 0 Å². The standard InChI is InChI=1S/C14H13F2N3O3/c1-9(10-4-6-11(7-5-10)22-14(15)16)18-13-12(19(20)21)3-2-8-17-13/h2-9,14H,1H3,(H,17,18). The first-order chi connectivity index (χ1) is 10.5. The van der Waals surface area contributed by atoms with Crippen molar-refractivity contribution in [3.8, 4) is 5.75 Å². The van der Waals surface area contributed by atoms with Crippen LogP contribution in [0.15, 0.2) is 42.6 Å². The molecule has 1 unspecified atom stereocenters. The van der Waals surface area contributed by atoms with Crippen LogP contribution in [0.4, 0.5) is 20.3 Å². The first kappa shape index (κ1) is 15.6. The third-order valence-electron chi connectivity index (χ3n) is 2.94. The summed E-state index contributed by atoms with van der Waals surface area (Å²) in [6.07, 6.45) is 1.45. The Kier molecular flexibility index (Phi) is 4.82. The quantitative estimate of drug-likeness (QED) is 0.649. The SMILES string of the molecule is CC(Nc1ncccc1[N+](=O)[O-])c1ccc(OC(F)F)cc1. The minimum Gasteiger partial charge on any atom is -0.435 e. The van der Waals surface area contributed by atoms with Crippen molar-refractivity contribution >= 4 is 11.5 Å². The Bertz CT molecular complexity index is 650. The number of nitrogens with one attached hydrogen (secondary N) is 1. The van der Waals surface area contributed by atoms with Gasteiger partial charge in [-0.1, -0.05) is 12.1 Å². The molecule has 8 heteroatoms. The number of halogens is 2. The number of nitrogens with zero attached hydrogens (tertiary/aromatic N) is 2. The first-order valence-electron chi connectivity index (χ1n) is 6.38. The Balaban J connectivity index is 2.12. The number of hydrogen-bond acceptors (Lipinski definition) is 5. The van der Waals surface area contributed by atoms with Crippen molar-refractivity contribution in [1.82, 2.24) is 4.98 Å². The molecule has 1 aromatic heterocycles. The second-order valence-corrected chi connectivity index (χ2v) is 4.44. The Morgan fingerprint density at radius 1 is 1.27 bits per heavy atom. The Hall–Kier alpha value is -2.77. The highest BCUT2D eigenvalue weighted by atomic mass is 19.3. The van der Waals surface area contributed by atoms with Gasteiger partial charge in [-0.3, -0.25) is 10.1 Å². The Morgan fingerprint density at radius 3 is 2.55 bits per heavy atom. The number of alkyl halides is 2. The number of nitro groups is 1. The number of hydrogen-bond donors (Lipinski definition) is 1. The fraction of sp³-hybridized carbons (Fsp3) is 0.214. The molecule has 0 fully saturated rings. The lowest BCUT2D eigenvalue weighted by Gasteiger charge is -2.15. The summed E-state index contributed by atoms with van der Waals surface area (Å²) in [6, 6.07) is 8.55. The molecular weight excluding hydrogens is 296 g/mol. The summed E-state index contributed by atoms with van der Waals surface area (Å²) in [5.74, 6) is 0.197. The van der Waals surface area contributed by atoms with Crippen molar-refractivity contribution in [2.45, 2.75) is 19.6 Å². The lowest BCUT2D eigenvalue weighted by molar-refractivity contribution is -0.384. The van der Waals surface area contributed by atoms with E-state index in [2.05, 4.69) is 15.0 Å². The van der Waals surface area contributed by atoms with Crippen LogP contribution in [0, 0.1) is 10.1 Å². The maximum atomic E-state index is 12.1. The van der Waals surface area contributed by atoms with E-state index in [1.165, 1.54) is 30.5 Å². The second-order valence-electron chi connectivity index (χ2n) is 4.44. The highest BCUT2D eigenvalue weighted by Gasteiger charge is 2.16. The molecule has 0 saturated carbocycles. The molecule has 2 aromatic rings. The van der Waals surface area contributed by atoms with Crippen LogP contribution in [0.2, 0.25) is 0 Å². The largest absolute Gasteiger partial charge is 0.435 e. The minimum absolute atomic E-state index is 0.0507. The molecule has 0 aliphatic carbocycles. The topological polar surface area (TPSA) is 77.3 Å². The summed E-state index contributed by atoms with van der Waals surface area (Å²) in [4.78, 5) is 14.3. The normalized spacial score (nSPS) is 12.0. The number of benzene rings is 1. The number of ether oxygens (including phenoxy) is 1. The van der Waals surface area contributed by atoms with E-state index in [-0.39, 0.29) is 23.3 Å². The molecule has 1 heterocycles. The molecule has 0 saturated heterocycles. The van der Waals surface area contributed by atoms with Crippen molar-refractivity contribution in [1.29, 1.82) is 0 Å². The maximum absolute atomic E-state index is 12.1. The summed E-state index contributed by atoms with van der Waals surface area (Å²) in [5.41, 5.74) is 0.619. The molecule has 0 bridgehead atoms. The highest BCUT2D eigenvalue weighted by Crippen LogP contribution is 2.26. The molecule has 1 aromatic carbocycles. The van der Waals surface area contributed by atoms with Crippen molar-refractivity contribution in [2.24, 2.45) is 0 Å². The van der Waals surface area contributed by atoms with Gasteiger partial charge in [0.15, 0.2) is 0 Å². The van der Waals surface area contributed by atoms with E-state index in [1.807, 2.05) is 0 Å². The van der Waals surface area contributed by atoms with Gasteiger partial charge in [-0.15, -0.1) is 0 Å². The number of pyridine rings is 1. The maximum Gasteiger partial charge on any atom is 0.387 e. The van der Waals surface area contributed by atoms with Gasteiger partial charge in [-0.25, -0.2) is 4.98 Å². The zero-order valence-electron chi connectivity index (χ0n) is 11.6. The third kappa shape index (κ3) is 3.87. The molecule has 0 amide bonds. The van der Waals surface area contributed by atoms with Crippen molar-refractivity contribution in [2.75, 3.05) is 5.32 Å². The third-order valence-corrected chi connectivity index (χ3v) is 2.94. The Morgan fingerprint density at radius 2 is 1.95 bits per heavy atom. The van der Waals surface area contributed by atoms with Crippen LogP contribution in [-0.2, 0) is 0 Å². The van der Waals surface area contributed by atoms with Gasteiger partial charge in [-0.2, -0.15) is 8.78 Å². The predicted molar refractivity (Wildman–Crippen MR) is 76.0 cm³/mol. The van der Waals surface area contributed by atoms with Gasteiger partial charge < -0.3 is 10.1 Å². The predicted octanol–water partition coefficient (Wildman–Crippen LogP) is 3.76. The highest BCUT2D eigenvalue weighted by molar-refractivity contribution is 5.56. The van der Waals surface area contributed by atoms with Gasteiger partial charge in [0.1, 0.15) is 5.75 Å². The molecule has 22 heavy (non-hydrogen) atoms. The fourth-order valence-electron chi connectivity index (χ4n) is 1.88. The average molecular weight is 309 g/mol. The van der Waals surface area contributed by atoms with Crippen molar-refractivity contribution < 1.29 is 18.4 Å². The summed E-state index contributed by atoms with van der Waals surface area (Å²) < 4.78 is 28.4. The summed E-state index contributed by atoms with van der Waals surface area (Å²) in [6.45, 7) is -1.10. The zero-order valence-corrected chi connectivity index (χ0v) is 11.6. The second kappa shape index (κ2) is 6.79. The first-order valence-corrected chi connectivity index (χ1v) is 6.38. The molecule has 1 N–H and O–H groups in total. The lowest BCUT2D eigenvalue weighted by atomic mass is 10.1. The monoisotopic (exact) mass is 309 g/mol. The molecule has 116 valence electrons. The smallest absolute Gasteiger partial charge is 0.387 e. The molecule has 0 spiro atoms. The van der Waals surface area contributed by atoms with Gasteiger partial charge in [-0.05, 0) is 30.7 Å². The van der Waals surface area contributed by atoms with E-state index in [9.17, 15) is 18.9 Å². The molecular formula is C14H13F2N3O3. The van der Waals surface area contributed by atoms with E-state index < -0.39 is 11.5 Å². The molecule has 0 aliphatic heterocycles. The van der Waals surface area contributed by atoms with Crippen LogP contribution < -0.4 is 10.1 Å². The number of anilines is 1. The van der Waals surface area contributed by atoms with Gasteiger partial charge in [0.25, 0.3) is 0 Å². The van der Waals surface area contributed by atoms with Gasteiger partial charge in [0, 0.05) is 12.3 Å². The summed E-state index contributed by atoms with van der Waals surface area (Å²) in [5, 5.41) is 13.9. The van der Waals surface area contributed by atoms with E-state index in [0.29, 0.717) is 0 Å². The lowest BCUT2D eigenvalue weighted by Crippen LogP contribution is -2.10. The minimum atomic E-state index is -2.88. The van der Waals surface area contributed by atoms with Crippen LogP contribution in [0.5, 0.6) is 5.75 Å². The summed E-state index contributed by atoms with van der Waals surface area (Å²) >= 11 is 0. The van der Waals surface area contributed by atoms with Crippen molar-refractivity contribution in [3.63, 3.8) is 0 Å². The van der Waals surface area contributed by atoms with Crippen LogP contribution in [0.1, 0.15) is 18.5 Å². The van der Waals surface area contributed by atoms with Crippen LogP contribution >= 0.6 is 0 Å². The molecule has 2 rings (SSSR count). The van der Waals surface area contributed by atoms with E-state index >= 15 is 0 Å². The molecule has 0 radical (unpaired) electrons. The van der Waals surface area contributed by atoms with Gasteiger partial charge in [0.05, 0.1) is 11.0 Å². The van der Waals surface area contributed by atoms with E-state index in [1.54, 1.807) is 19.1 Å². The van der Waals surface area contributed by atoms with E-state index in [0.717, 1.165) is 5.56 Å². The molecule has 0 aliphatic rings. The van der Waals surface area contributed by atoms with Crippen LogP contribution in [-0.4, -0.2) is 16.5 Å². The fourth-order valence-corrected chi connectivity index (χ4v) is 1.88. The average Bonchev–Trinajstić information content (AvgIpc) is 2.47. The number of aromatic nitrogens is 1. The Labute approximate surface area is 124 Å². The van der Waals surface area contributed by atoms with Crippen LogP contribution in [0.25, 0.3) is 0 Å². The molecule has 1 atom stereocenters. The van der Waals surface area contributed by atoms with Gasteiger partial charge >= 0.3 is 12.3 Å². The zero-order chi connectivity index (χ0) is 16.1.